The van der Waals surface area contributed by atoms with Gasteiger partial charge in [0.1, 0.15) is 23.4 Å². The van der Waals surface area contributed by atoms with Crippen LogP contribution in [0.2, 0.25) is 0 Å². The molecule has 0 aliphatic heterocycles. The van der Waals surface area contributed by atoms with Gasteiger partial charge in [0, 0.05) is 24.2 Å². The number of primary amides is 1. The van der Waals surface area contributed by atoms with Crippen molar-refractivity contribution in [3.8, 4) is 5.75 Å². The fourth-order valence-electron chi connectivity index (χ4n) is 4.03. The normalized spacial score (nSPS) is 12.7. The molecule has 0 bridgehead atoms. The molecule has 0 saturated heterocycles. The van der Waals surface area contributed by atoms with Gasteiger partial charge in [0.15, 0.2) is 0 Å². The summed E-state index contributed by atoms with van der Waals surface area (Å²) < 4.78 is 5.30. The molecule has 0 radical (unpaired) electrons. The number of carbonyl (C=O) groups is 4. The van der Waals surface area contributed by atoms with Crippen LogP contribution in [0.15, 0.2) is 42.5 Å². The smallest absolute Gasteiger partial charge is 0.408 e. The van der Waals surface area contributed by atoms with Crippen molar-refractivity contribution in [3.63, 3.8) is 0 Å². The number of aryl methyl sites for hydroxylation is 2. The summed E-state index contributed by atoms with van der Waals surface area (Å²) in [6.45, 7) is 10.5. The van der Waals surface area contributed by atoms with E-state index in [1.54, 1.807) is 45.9 Å². The van der Waals surface area contributed by atoms with E-state index in [-0.39, 0.29) is 30.7 Å². The lowest BCUT2D eigenvalue weighted by molar-refractivity contribution is -0.140. The Labute approximate surface area is 223 Å². The zero-order chi connectivity index (χ0) is 28.6. The Morgan fingerprint density at radius 1 is 1.03 bits per heavy atom. The Balaban J connectivity index is 2.51. The minimum absolute atomic E-state index is 0.0566. The minimum Gasteiger partial charge on any atom is -0.508 e. The highest BCUT2D eigenvalue weighted by Gasteiger charge is 2.37. The summed E-state index contributed by atoms with van der Waals surface area (Å²) in [7, 11) is 0. The highest BCUT2D eigenvalue weighted by atomic mass is 16.6. The summed E-state index contributed by atoms with van der Waals surface area (Å²) in [5.41, 5.74) is 6.94. The zero-order valence-electron chi connectivity index (χ0n) is 22.8. The number of amides is 4. The molecule has 0 aliphatic carbocycles. The van der Waals surface area contributed by atoms with E-state index < -0.39 is 41.5 Å². The molecule has 0 aromatic heterocycles. The van der Waals surface area contributed by atoms with Crippen LogP contribution in [0.5, 0.6) is 5.75 Å². The van der Waals surface area contributed by atoms with E-state index in [0.29, 0.717) is 5.69 Å². The van der Waals surface area contributed by atoms with Gasteiger partial charge in [0.2, 0.25) is 11.8 Å². The Kier molecular flexibility index (Phi) is 10.3. The van der Waals surface area contributed by atoms with Crippen LogP contribution in [0.4, 0.5) is 10.5 Å². The van der Waals surface area contributed by atoms with Crippen LogP contribution >= 0.6 is 0 Å². The van der Waals surface area contributed by atoms with Crippen molar-refractivity contribution in [2.24, 2.45) is 5.73 Å². The lowest BCUT2D eigenvalue weighted by Crippen LogP contribution is -2.52. The number of ether oxygens (including phenoxy) is 1. The van der Waals surface area contributed by atoms with Crippen LogP contribution in [0.25, 0.3) is 0 Å². The summed E-state index contributed by atoms with van der Waals surface area (Å²) in [6, 6.07) is 9.36. The monoisotopic (exact) mass is 526 g/mol. The third-order valence-corrected chi connectivity index (χ3v) is 5.81. The second kappa shape index (κ2) is 12.9. The average molecular weight is 527 g/mol. The van der Waals surface area contributed by atoms with Crippen LogP contribution < -0.4 is 16.4 Å². The van der Waals surface area contributed by atoms with E-state index in [9.17, 15) is 24.3 Å². The van der Waals surface area contributed by atoms with Gasteiger partial charge in [-0.05, 0) is 65.2 Å². The SMILES string of the molecule is CCN(C(=O)C(CCC(N)=O)NC(=O)OC(C)(C)C)C(C(=O)Nc1c(C)cccc1C)c1ccccc1O. The van der Waals surface area contributed by atoms with Crippen molar-refractivity contribution in [3.05, 3.63) is 59.2 Å². The van der Waals surface area contributed by atoms with Crippen LogP contribution in [-0.4, -0.2) is 52.0 Å². The molecule has 2 unspecified atom stereocenters. The summed E-state index contributed by atoms with van der Waals surface area (Å²) in [4.78, 5) is 52.9. The Morgan fingerprint density at radius 3 is 2.16 bits per heavy atom. The molecule has 0 fully saturated rings. The van der Waals surface area contributed by atoms with Crippen LogP contribution in [0.3, 0.4) is 0 Å². The number of carbonyl (C=O) groups excluding carboxylic acids is 4. The summed E-state index contributed by atoms with van der Waals surface area (Å²) >= 11 is 0. The molecule has 2 rings (SSSR count). The molecule has 206 valence electrons. The number of phenolic OH excluding ortho intramolecular Hbond substituents is 1. The van der Waals surface area contributed by atoms with Crippen molar-refractivity contribution in [1.82, 2.24) is 10.2 Å². The van der Waals surface area contributed by atoms with Gasteiger partial charge in [-0.3, -0.25) is 14.4 Å². The molecule has 0 heterocycles. The Morgan fingerprint density at radius 2 is 1.63 bits per heavy atom. The van der Waals surface area contributed by atoms with Crippen LogP contribution in [-0.2, 0) is 19.1 Å². The lowest BCUT2D eigenvalue weighted by atomic mass is 10.00. The van der Waals surface area contributed by atoms with Crippen LogP contribution in [0.1, 0.15) is 63.3 Å². The number of nitrogens with two attached hydrogens (primary N) is 1. The molecular weight excluding hydrogens is 488 g/mol. The number of nitrogens with one attached hydrogen (secondary N) is 2. The molecule has 10 nitrogen and oxygen atoms in total. The lowest BCUT2D eigenvalue weighted by Gasteiger charge is -2.34. The number of aromatic hydroxyl groups is 1. The predicted molar refractivity (Wildman–Crippen MR) is 144 cm³/mol. The number of nitrogens with zero attached hydrogens (tertiary/aromatic N) is 1. The van der Waals surface area contributed by atoms with E-state index in [1.807, 2.05) is 32.0 Å². The maximum Gasteiger partial charge on any atom is 0.408 e. The van der Waals surface area contributed by atoms with Gasteiger partial charge in [-0.2, -0.15) is 0 Å². The second-order valence-corrected chi connectivity index (χ2v) is 10.0. The molecule has 38 heavy (non-hydrogen) atoms. The molecule has 5 N–H and O–H groups in total. The van der Waals surface area contributed by atoms with E-state index in [2.05, 4.69) is 10.6 Å². The summed E-state index contributed by atoms with van der Waals surface area (Å²) in [6.07, 6.45) is -1.13. The maximum atomic E-state index is 13.8. The largest absolute Gasteiger partial charge is 0.508 e. The van der Waals surface area contributed by atoms with Crippen LogP contribution in [0, 0.1) is 13.8 Å². The van der Waals surface area contributed by atoms with Gasteiger partial charge in [-0.15, -0.1) is 0 Å². The number of anilines is 1. The first-order valence-corrected chi connectivity index (χ1v) is 12.5. The molecule has 2 aromatic carbocycles. The van der Waals surface area contributed by atoms with E-state index in [1.165, 1.54) is 11.0 Å². The van der Waals surface area contributed by atoms with Gasteiger partial charge >= 0.3 is 6.09 Å². The molecule has 2 aromatic rings. The van der Waals surface area contributed by atoms with Gasteiger partial charge in [0.05, 0.1) is 0 Å². The van der Waals surface area contributed by atoms with Crippen molar-refractivity contribution in [2.75, 3.05) is 11.9 Å². The standard InChI is InChI=1S/C28H38N4O6/c1-7-32(26(36)20(15-16-22(29)34)30-27(37)38-28(4,5)6)24(19-13-8-9-14-21(19)33)25(35)31-23-17(2)11-10-12-18(23)3/h8-14,20,24,33H,7,15-16H2,1-6H3,(H2,29,34)(H,30,37)(H,31,35). The second-order valence-electron chi connectivity index (χ2n) is 10.0. The number of phenols is 1. The number of alkyl carbamates (subject to hydrolysis) is 1. The number of hydrogen-bond acceptors (Lipinski definition) is 6. The highest BCUT2D eigenvalue weighted by Crippen LogP contribution is 2.31. The Bertz CT molecular complexity index is 1150. The Hall–Kier alpha value is -4.08. The molecule has 0 saturated carbocycles. The number of rotatable bonds is 10. The highest BCUT2D eigenvalue weighted by molar-refractivity contribution is 6.00. The minimum atomic E-state index is -1.25. The average Bonchev–Trinajstić information content (AvgIpc) is 2.81. The summed E-state index contributed by atoms with van der Waals surface area (Å²) in [5, 5.41) is 16.1. The van der Waals surface area contributed by atoms with Gasteiger partial charge in [-0.25, -0.2) is 4.79 Å². The first-order valence-electron chi connectivity index (χ1n) is 12.5. The van der Waals surface area contributed by atoms with Crippen molar-refractivity contribution in [1.29, 1.82) is 0 Å². The topological polar surface area (TPSA) is 151 Å². The third-order valence-electron chi connectivity index (χ3n) is 5.81. The number of benzene rings is 2. The maximum absolute atomic E-state index is 13.8. The van der Waals surface area contributed by atoms with Crippen molar-refractivity contribution < 1.29 is 29.0 Å². The molecule has 4 amide bonds. The van der Waals surface area contributed by atoms with Crippen molar-refractivity contribution >= 4 is 29.5 Å². The first kappa shape index (κ1) is 30.1. The molecule has 0 aliphatic rings. The van der Waals surface area contributed by atoms with E-state index >= 15 is 0 Å². The number of hydrogen-bond donors (Lipinski definition) is 4. The molecular formula is C28H38N4O6. The number of para-hydroxylation sites is 2. The molecule has 0 spiro atoms. The molecule has 2 atom stereocenters. The number of likely N-dealkylation sites (N-methyl/N-ethyl adjacent to an activating group) is 1. The first-order chi connectivity index (χ1) is 17.7. The van der Waals surface area contributed by atoms with Gasteiger partial charge in [0.25, 0.3) is 5.91 Å². The quantitative estimate of drug-likeness (QED) is 0.371. The van der Waals surface area contributed by atoms with Gasteiger partial charge < -0.3 is 31.1 Å². The fraction of sp³-hybridized carbons (Fsp3) is 0.429. The van der Waals surface area contributed by atoms with E-state index in [0.717, 1.165) is 11.1 Å². The predicted octanol–water partition coefficient (Wildman–Crippen LogP) is 3.70. The van der Waals surface area contributed by atoms with Gasteiger partial charge in [-0.1, -0.05) is 36.4 Å². The van der Waals surface area contributed by atoms with Crippen molar-refractivity contribution in [2.45, 2.75) is 72.1 Å². The fourth-order valence-corrected chi connectivity index (χ4v) is 4.03. The third kappa shape index (κ3) is 8.22. The zero-order valence-corrected chi connectivity index (χ0v) is 22.8. The molecule has 10 heteroatoms. The van der Waals surface area contributed by atoms with E-state index in [4.69, 9.17) is 10.5 Å². The summed E-state index contributed by atoms with van der Waals surface area (Å²) in [5.74, 6) is -2.01.